The number of ketones is 1. The van der Waals surface area contributed by atoms with Gasteiger partial charge in [-0.15, -0.1) is 0 Å². The quantitative estimate of drug-likeness (QED) is 0.338. The van der Waals surface area contributed by atoms with E-state index >= 15 is 0 Å². The number of methoxy groups -OCH3 is 1. The van der Waals surface area contributed by atoms with Crippen molar-refractivity contribution in [3.8, 4) is 0 Å². The SMILES string of the molecule is COC(=O)C=C/C=C\C=C[C@@H]1C(=O)CC[C@@H]1CCC1(c2ccc(Cl)cc2)OCCO1. The summed E-state index contributed by atoms with van der Waals surface area (Å²) in [4.78, 5) is 23.4. The first-order valence-corrected chi connectivity index (χ1v) is 10.6. The number of hydrogen-bond donors (Lipinski definition) is 0. The van der Waals surface area contributed by atoms with Crippen LogP contribution in [0.2, 0.25) is 5.02 Å². The van der Waals surface area contributed by atoms with Gasteiger partial charge in [0.05, 0.1) is 20.3 Å². The molecule has 1 saturated heterocycles. The van der Waals surface area contributed by atoms with Crippen LogP contribution in [0.15, 0.2) is 60.7 Å². The minimum atomic E-state index is -0.761. The molecule has 1 aromatic rings. The summed E-state index contributed by atoms with van der Waals surface area (Å²) in [7, 11) is 1.33. The van der Waals surface area contributed by atoms with Gasteiger partial charge in [-0.1, -0.05) is 54.1 Å². The third-order valence-corrected chi connectivity index (χ3v) is 5.86. The van der Waals surface area contributed by atoms with Gasteiger partial charge in [0.2, 0.25) is 0 Å². The van der Waals surface area contributed by atoms with Crippen LogP contribution in [-0.4, -0.2) is 32.1 Å². The summed E-state index contributed by atoms with van der Waals surface area (Å²) >= 11 is 6.02. The van der Waals surface area contributed by atoms with Crippen LogP contribution in [0.3, 0.4) is 0 Å². The smallest absolute Gasteiger partial charge is 0.330 e. The van der Waals surface area contributed by atoms with Gasteiger partial charge >= 0.3 is 5.97 Å². The zero-order chi connectivity index (χ0) is 21.4. The van der Waals surface area contributed by atoms with Gasteiger partial charge in [0.15, 0.2) is 5.79 Å². The Morgan fingerprint density at radius 2 is 1.87 bits per heavy atom. The number of carbonyl (C=O) groups excluding carboxylic acids is 2. The Balaban J connectivity index is 1.61. The van der Waals surface area contributed by atoms with Crippen molar-refractivity contribution in [3.63, 3.8) is 0 Å². The van der Waals surface area contributed by atoms with Crippen molar-refractivity contribution >= 4 is 23.4 Å². The van der Waals surface area contributed by atoms with Gasteiger partial charge in [-0.3, -0.25) is 4.79 Å². The molecule has 3 rings (SSSR count). The summed E-state index contributed by atoms with van der Waals surface area (Å²) in [6.45, 7) is 1.11. The average molecular weight is 431 g/mol. The molecular formula is C24H27ClO5. The van der Waals surface area contributed by atoms with Crippen molar-refractivity contribution in [2.75, 3.05) is 20.3 Å². The number of esters is 1. The number of Topliss-reactive ketones (excluding diaryl/α,β-unsaturated/α-hetero) is 1. The van der Waals surface area contributed by atoms with E-state index in [1.165, 1.54) is 13.2 Å². The third kappa shape index (κ3) is 5.69. The number of hydrogen-bond acceptors (Lipinski definition) is 5. The van der Waals surface area contributed by atoms with Crippen molar-refractivity contribution in [2.24, 2.45) is 11.8 Å². The predicted molar refractivity (Wildman–Crippen MR) is 115 cm³/mol. The molecule has 1 aliphatic carbocycles. The standard InChI is InChI=1S/C24H27ClO5/c1-28-23(27)7-5-3-2-4-6-21-18(8-13-22(21)26)14-15-24(29-16-17-30-24)19-9-11-20(25)12-10-19/h2-7,9-12,18,21H,8,13-17H2,1H3/b3-2-,6-4?,7-5?/t18-,21+/m1/s1. The van der Waals surface area contributed by atoms with Crippen LogP contribution < -0.4 is 0 Å². The lowest BCUT2D eigenvalue weighted by atomic mass is 9.87. The van der Waals surface area contributed by atoms with Gasteiger partial charge in [0.25, 0.3) is 0 Å². The van der Waals surface area contributed by atoms with Crippen molar-refractivity contribution in [2.45, 2.75) is 31.5 Å². The van der Waals surface area contributed by atoms with Crippen LogP contribution in [0.25, 0.3) is 0 Å². The van der Waals surface area contributed by atoms with E-state index in [9.17, 15) is 9.59 Å². The molecule has 0 aromatic heterocycles. The normalized spacial score (nSPS) is 23.9. The van der Waals surface area contributed by atoms with E-state index in [-0.39, 0.29) is 17.6 Å². The van der Waals surface area contributed by atoms with Crippen LogP contribution in [0, 0.1) is 11.8 Å². The first-order valence-electron chi connectivity index (χ1n) is 10.2. The molecule has 5 nitrogen and oxygen atoms in total. The molecule has 0 amide bonds. The first kappa shape index (κ1) is 22.5. The fraction of sp³-hybridized carbons (Fsp3) is 0.417. The fourth-order valence-electron chi connectivity index (χ4n) is 4.03. The highest BCUT2D eigenvalue weighted by Crippen LogP contribution is 2.41. The van der Waals surface area contributed by atoms with Gasteiger partial charge in [-0.05, 0) is 30.9 Å². The minimum absolute atomic E-state index is 0.108. The molecule has 1 saturated carbocycles. The van der Waals surface area contributed by atoms with E-state index in [2.05, 4.69) is 4.74 Å². The van der Waals surface area contributed by atoms with E-state index in [0.717, 1.165) is 18.4 Å². The monoisotopic (exact) mass is 430 g/mol. The molecule has 160 valence electrons. The Morgan fingerprint density at radius 3 is 2.57 bits per heavy atom. The molecule has 1 aliphatic heterocycles. The highest BCUT2D eigenvalue weighted by Gasteiger charge is 2.41. The van der Waals surface area contributed by atoms with Gasteiger partial charge in [-0.2, -0.15) is 0 Å². The molecule has 0 spiro atoms. The molecule has 0 N–H and O–H groups in total. The second kappa shape index (κ2) is 10.7. The highest BCUT2D eigenvalue weighted by molar-refractivity contribution is 6.30. The highest BCUT2D eigenvalue weighted by atomic mass is 35.5. The summed E-state index contributed by atoms with van der Waals surface area (Å²) in [5.74, 6) is -0.750. The Morgan fingerprint density at radius 1 is 1.17 bits per heavy atom. The van der Waals surface area contributed by atoms with E-state index in [0.29, 0.717) is 31.1 Å². The Bertz CT molecular complexity index is 819. The Hall–Kier alpha value is -2.21. The van der Waals surface area contributed by atoms with Crippen molar-refractivity contribution < 1.29 is 23.8 Å². The molecule has 0 unspecified atom stereocenters. The third-order valence-electron chi connectivity index (χ3n) is 5.61. The first-order chi connectivity index (χ1) is 14.5. The summed E-state index contributed by atoms with van der Waals surface area (Å²) in [5.41, 5.74) is 0.959. The zero-order valence-electron chi connectivity index (χ0n) is 17.1. The Labute approximate surface area is 182 Å². The van der Waals surface area contributed by atoms with Crippen LogP contribution in [0.5, 0.6) is 0 Å². The minimum Gasteiger partial charge on any atom is -0.466 e. The molecule has 2 fully saturated rings. The number of allylic oxidation sites excluding steroid dienone is 5. The second-order valence-electron chi connectivity index (χ2n) is 7.44. The Kier molecular flexibility index (Phi) is 8.02. The average Bonchev–Trinajstić information content (AvgIpc) is 3.37. The van der Waals surface area contributed by atoms with E-state index in [1.807, 2.05) is 36.4 Å². The number of carbonyl (C=O) groups is 2. The summed E-state index contributed by atoms with van der Waals surface area (Å²) in [6, 6.07) is 7.57. The molecule has 2 atom stereocenters. The van der Waals surface area contributed by atoms with Gasteiger partial charge < -0.3 is 14.2 Å². The van der Waals surface area contributed by atoms with Gasteiger partial charge in [0.1, 0.15) is 5.78 Å². The van der Waals surface area contributed by atoms with Crippen molar-refractivity contribution in [3.05, 3.63) is 71.3 Å². The number of benzene rings is 1. The summed E-state index contributed by atoms with van der Waals surface area (Å²) in [5, 5.41) is 0.674. The van der Waals surface area contributed by atoms with E-state index in [4.69, 9.17) is 21.1 Å². The maximum Gasteiger partial charge on any atom is 0.330 e. The van der Waals surface area contributed by atoms with Crippen LogP contribution in [0.4, 0.5) is 0 Å². The van der Waals surface area contributed by atoms with Crippen LogP contribution in [-0.2, 0) is 29.6 Å². The molecule has 6 heteroatoms. The number of rotatable bonds is 8. The molecule has 2 aliphatic rings. The summed E-state index contributed by atoms with van der Waals surface area (Å²) < 4.78 is 16.6. The zero-order valence-corrected chi connectivity index (χ0v) is 17.8. The molecule has 0 bridgehead atoms. The molecule has 30 heavy (non-hydrogen) atoms. The topological polar surface area (TPSA) is 61.8 Å². The van der Waals surface area contributed by atoms with Crippen molar-refractivity contribution in [1.29, 1.82) is 0 Å². The number of halogens is 1. The van der Waals surface area contributed by atoms with Gasteiger partial charge in [0, 0.05) is 35.4 Å². The molecular weight excluding hydrogens is 404 g/mol. The maximum absolute atomic E-state index is 12.4. The predicted octanol–water partition coefficient (Wildman–Crippen LogP) is 4.76. The molecule has 1 aromatic carbocycles. The lowest BCUT2D eigenvalue weighted by Gasteiger charge is -2.29. The second-order valence-corrected chi connectivity index (χ2v) is 7.87. The lowest BCUT2D eigenvalue weighted by molar-refractivity contribution is -0.173. The summed E-state index contributed by atoms with van der Waals surface area (Å²) in [6.07, 6.45) is 13.3. The van der Waals surface area contributed by atoms with Crippen LogP contribution in [0.1, 0.15) is 31.2 Å². The van der Waals surface area contributed by atoms with Gasteiger partial charge in [-0.25, -0.2) is 4.79 Å². The lowest BCUT2D eigenvalue weighted by Crippen LogP contribution is -2.28. The molecule has 0 radical (unpaired) electrons. The largest absolute Gasteiger partial charge is 0.466 e. The molecule has 1 heterocycles. The maximum atomic E-state index is 12.4. The fourth-order valence-corrected chi connectivity index (χ4v) is 4.15. The van der Waals surface area contributed by atoms with Crippen LogP contribution >= 0.6 is 11.6 Å². The van der Waals surface area contributed by atoms with E-state index < -0.39 is 11.8 Å². The number of ether oxygens (including phenoxy) is 3. The van der Waals surface area contributed by atoms with E-state index in [1.54, 1.807) is 18.2 Å². The van der Waals surface area contributed by atoms with Crippen molar-refractivity contribution in [1.82, 2.24) is 0 Å².